The van der Waals surface area contributed by atoms with Crippen LogP contribution in [0, 0.1) is 0 Å². The van der Waals surface area contributed by atoms with Crippen molar-refractivity contribution >= 4 is 23.2 Å². The first-order chi connectivity index (χ1) is 11.7. The average molecular weight is 355 g/mol. The molecule has 2 N–H and O–H groups in total. The van der Waals surface area contributed by atoms with E-state index in [4.69, 9.17) is 23.2 Å². The summed E-state index contributed by atoms with van der Waals surface area (Å²) < 4.78 is 0. The maximum absolute atomic E-state index is 6.07. The normalized spacial score (nSPS) is 10.9. The van der Waals surface area contributed by atoms with Gasteiger partial charge in [0.2, 0.25) is 0 Å². The van der Waals surface area contributed by atoms with E-state index in [1.165, 1.54) is 0 Å². The van der Waals surface area contributed by atoms with Crippen molar-refractivity contribution in [1.29, 1.82) is 0 Å². The van der Waals surface area contributed by atoms with Crippen LogP contribution in [0.3, 0.4) is 0 Å². The number of hydrogen-bond acceptors (Lipinski definition) is 2. The first-order valence-electron chi connectivity index (χ1n) is 7.31. The lowest BCUT2D eigenvalue weighted by atomic mass is 10.0. The minimum absolute atomic E-state index is 0.544. The maximum Gasteiger partial charge on any atom is 0.134 e. The lowest BCUT2D eigenvalue weighted by molar-refractivity contribution is 1.31. The smallest absolute Gasteiger partial charge is 0.134 e. The molecule has 0 aliphatic heterocycles. The lowest BCUT2D eigenvalue weighted by Gasteiger charge is -2.05. The van der Waals surface area contributed by atoms with E-state index in [1.54, 1.807) is 12.7 Å². The van der Waals surface area contributed by atoms with Gasteiger partial charge in [0, 0.05) is 11.1 Å². The van der Waals surface area contributed by atoms with Gasteiger partial charge in [-0.1, -0.05) is 71.7 Å². The fraction of sp³-hybridized carbons (Fsp3) is 0. The second-order valence-corrected chi connectivity index (χ2v) is 6.04. The molecule has 4 nitrogen and oxygen atoms in total. The Morgan fingerprint density at radius 1 is 0.542 bits per heavy atom. The van der Waals surface area contributed by atoms with Crippen LogP contribution in [0.15, 0.2) is 61.2 Å². The van der Waals surface area contributed by atoms with Crippen molar-refractivity contribution in [2.75, 3.05) is 0 Å². The minimum Gasteiger partial charge on any atom is -0.335 e. The molecule has 24 heavy (non-hydrogen) atoms. The van der Waals surface area contributed by atoms with Crippen molar-refractivity contribution in [2.24, 2.45) is 0 Å². The van der Waals surface area contributed by atoms with E-state index in [-0.39, 0.29) is 0 Å². The van der Waals surface area contributed by atoms with Gasteiger partial charge < -0.3 is 9.97 Å². The molecule has 0 radical (unpaired) electrons. The van der Waals surface area contributed by atoms with Gasteiger partial charge in [0.15, 0.2) is 0 Å². The Kier molecular flexibility index (Phi) is 3.84. The molecule has 2 heterocycles. The van der Waals surface area contributed by atoms with E-state index in [9.17, 15) is 0 Å². The number of nitrogens with zero attached hydrogens (tertiary/aromatic N) is 2. The highest BCUT2D eigenvalue weighted by atomic mass is 35.5. The third kappa shape index (κ3) is 2.70. The summed E-state index contributed by atoms with van der Waals surface area (Å²) in [5, 5.41) is 1.09. The highest BCUT2D eigenvalue weighted by molar-refractivity contribution is 6.32. The number of aromatic amines is 2. The number of benzene rings is 2. The van der Waals surface area contributed by atoms with Gasteiger partial charge in [0.05, 0.1) is 12.7 Å². The van der Waals surface area contributed by atoms with Crippen LogP contribution < -0.4 is 0 Å². The number of imidazole rings is 2. The van der Waals surface area contributed by atoms with Gasteiger partial charge in [-0.3, -0.25) is 0 Å². The quantitative estimate of drug-likeness (QED) is 0.514. The molecule has 0 saturated carbocycles. The summed E-state index contributed by atoms with van der Waals surface area (Å²) in [5.74, 6) is 0. The highest BCUT2D eigenvalue weighted by Gasteiger charge is 2.08. The second-order valence-electron chi connectivity index (χ2n) is 5.28. The molecule has 0 saturated heterocycles. The molecule has 0 atom stereocenters. The third-order valence-corrected chi connectivity index (χ3v) is 4.41. The molecule has 0 fully saturated rings. The van der Waals surface area contributed by atoms with Crippen LogP contribution in [-0.4, -0.2) is 19.9 Å². The van der Waals surface area contributed by atoms with Crippen molar-refractivity contribution in [1.82, 2.24) is 19.9 Å². The Morgan fingerprint density at radius 3 is 1.17 bits per heavy atom. The van der Waals surface area contributed by atoms with Crippen molar-refractivity contribution < 1.29 is 0 Å². The Labute approximate surface area is 148 Å². The summed E-state index contributed by atoms with van der Waals surface area (Å²) in [6.07, 6.45) is 3.18. The Balaban J connectivity index is 1.62. The topological polar surface area (TPSA) is 57.4 Å². The molecule has 4 rings (SSSR count). The van der Waals surface area contributed by atoms with Crippen molar-refractivity contribution in [3.05, 3.63) is 71.5 Å². The predicted octanol–water partition coefficient (Wildman–Crippen LogP) is 5.44. The molecular weight excluding hydrogens is 343 g/mol. The van der Waals surface area contributed by atoms with Gasteiger partial charge in [0.1, 0.15) is 21.7 Å². The van der Waals surface area contributed by atoms with E-state index >= 15 is 0 Å². The largest absolute Gasteiger partial charge is 0.335 e. The van der Waals surface area contributed by atoms with E-state index in [0.29, 0.717) is 10.3 Å². The lowest BCUT2D eigenvalue weighted by Crippen LogP contribution is -1.83. The number of H-pyrrole nitrogens is 2. The van der Waals surface area contributed by atoms with E-state index < -0.39 is 0 Å². The summed E-state index contributed by atoms with van der Waals surface area (Å²) in [7, 11) is 0. The summed E-state index contributed by atoms with van der Waals surface area (Å²) in [6.45, 7) is 0. The first kappa shape index (κ1) is 15.0. The maximum atomic E-state index is 6.07. The molecule has 0 spiro atoms. The molecule has 0 aliphatic carbocycles. The van der Waals surface area contributed by atoms with Crippen LogP contribution in [-0.2, 0) is 0 Å². The van der Waals surface area contributed by atoms with Gasteiger partial charge >= 0.3 is 0 Å². The zero-order valence-electron chi connectivity index (χ0n) is 12.4. The predicted molar refractivity (Wildman–Crippen MR) is 97.1 cm³/mol. The first-order valence-corrected chi connectivity index (χ1v) is 8.07. The molecule has 0 bridgehead atoms. The fourth-order valence-electron chi connectivity index (χ4n) is 2.60. The van der Waals surface area contributed by atoms with Gasteiger partial charge in [-0.2, -0.15) is 0 Å². The Morgan fingerprint density at radius 2 is 0.875 bits per heavy atom. The van der Waals surface area contributed by atoms with Crippen LogP contribution in [0.25, 0.3) is 33.6 Å². The van der Waals surface area contributed by atoms with E-state index in [2.05, 4.69) is 44.2 Å². The van der Waals surface area contributed by atoms with Crippen molar-refractivity contribution in [3.63, 3.8) is 0 Å². The number of halogens is 2. The molecule has 4 aromatic rings. The van der Waals surface area contributed by atoms with Crippen molar-refractivity contribution in [3.8, 4) is 33.6 Å². The number of nitrogens with one attached hydrogen (secondary N) is 2. The van der Waals surface area contributed by atoms with E-state index in [0.717, 1.165) is 33.6 Å². The molecule has 6 heteroatoms. The monoisotopic (exact) mass is 354 g/mol. The van der Waals surface area contributed by atoms with Gasteiger partial charge in [0.25, 0.3) is 0 Å². The minimum atomic E-state index is 0.544. The number of hydrogen-bond donors (Lipinski definition) is 2. The van der Waals surface area contributed by atoms with Crippen LogP contribution in [0.1, 0.15) is 0 Å². The van der Waals surface area contributed by atoms with Crippen LogP contribution >= 0.6 is 23.2 Å². The van der Waals surface area contributed by atoms with Crippen LogP contribution in [0.5, 0.6) is 0 Å². The molecule has 0 amide bonds. The van der Waals surface area contributed by atoms with Crippen LogP contribution in [0.4, 0.5) is 0 Å². The third-order valence-electron chi connectivity index (χ3n) is 3.84. The SMILES string of the molecule is Clc1[nH]cnc1-c1ccc(-c2ccc(-c3nc[nH]c3Cl)cc2)cc1. The van der Waals surface area contributed by atoms with Crippen molar-refractivity contribution in [2.45, 2.75) is 0 Å². The molecule has 2 aromatic carbocycles. The zero-order valence-corrected chi connectivity index (χ0v) is 13.9. The van der Waals surface area contributed by atoms with Gasteiger partial charge in [-0.05, 0) is 11.1 Å². The molecule has 2 aromatic heterocycles. The molecular formula is C18H12Cl2N4. The summed E-state index contributed by atoms with van der Waals surface area (Å²) >= 11 is 12.1. The van der Waals surface area contributed by atoms with Crippen LogP contribution in [0.2, 0.25) is 10.3 Å². The standard InChI is InChI=1S/C18H12Cl2N4/c19-17-15(21-9-23-17)13-5-1-11(2-6-13)12-3-7-14(8-4-12)16-18(20)24-10-22-16/h1-10H,(H,21,23)(H,22,24). The summed E-state index contributed by atoms with van der Waals surface area (Å²) in [6, 6.07) is 16.2. The summed E-state index contributed by atoms with van der Waals surface area (Å²) in [5.41, 5.74) is 5.70. The average Bonchev–Trinajstić information content (AvgIpc) is 3.23. The number of aromatic nitrogens is 4. The second kappa shape index (κ2) is 6.15. The molecule has 118 valence electrons. The van der Waals surface area contributed by atoms with Gasteiger partial charge in [-0.25, -0.2) is 9.97 Å². The number of rotatable bonds is 3. The fourth-order valence-corrected chi connectivity index (χ4v) is 3.01. The summed E-state index contributed by atoms with van der Waals surface area (Å²) in [4.78, 5) is 14.2. The Hall–Kier alpha value is -2.56. The van der Waals surface area contributed by atoms with Gasteiger partial charge in [-0.15, -0.1) is 0 Å². The Bertz CT molecular complexity index is 887. The molecule has 0 aliphatic rings. The highest BCUT2D eigenvalue weighted by Crippen LogP contribution is 2.29. The molecule has 0 unspecified atom stereocenters. The zero-order chi connectivity index (χ0) is 16.5. The van der Waals surface area contributed by atoms with E-state index in [1.807, 2.05) is 24.3 Å².